The fourth-order valence-corrected chi connectivity index (χ4v) is 8.36. The van der Waals surface area contributed by atoms with E-state index in [2.05, 4.69) is 0 Å². The van der Waals surface area contributed by atoms with Crippen molar-refractivity contribution in [1.82, 2.24) is 0 Å². The summed E-state index contributed by atoms with van der Waals surface area (Å²) in [6.07, 6.45) is 8.67. The lowest BCUT2D eigenvalue weighted by Gasteiger charge is -2.22. The first kappa shape index (κ1) is 22.4. The lowest BCUT2D eigenvalue weighted by atomic mass is 10.1. The highest BCUT2D eigenvalue weighted by atomic mass is 33.1. The van der Waals surface area contributed by atoms with Crippen LogP contribution in [0.4, 0.5) is 0 Å². The van der Waals surface area contributed by atoms with E-state index >= 15 is 0 Å². The number of carboxylic acids is 2. The summed E-state index contributed by atoms with van der Waals surface area (Å²) in [7, 11) is 7.88. The van der Waals surface area contributed by atoms with Crippen LogP contribution in [0.25, 0.3) is 0 Å². The Morgan fingerprint density at radius 2 is 1.17 bits per heavy atom. The fraction of sp³-hybridized carbons (Fsp3) is 0.875. The molecule has 0 aromatic rings. The van der Waals surface area contributed by atoms with Crippen LogP contribution >= 0.6 is 43.2 Å². The van der Waals surface area contributed by atoms with E-state index in [1.165, 1.54) is 24.3 Å². The van der Waals surface area contributed by atoms with Gasteiger partial charge in [-0.1, -0.05) is 56.0 Å². The van der Waals surface area contributed by atoms with Crippen LogP contribution in [-0.2, 0) is 9.59 Å². The summed E-state index contributed by atoms with van der Waals surface area (Å²) in [6.45, 7) is 0. The van der Waals surface area contributed by atoms with Gasteiger partial charge in [-0.3, -0.25) is 9.59 Å². The summed E-state index contributed by atoms with van der Waals surface area (Å²) < 4.78 is 0. The predicted octanol–water partition coefficient (Wildman–Crippen LogP) is 5.57. The molecule has 1 aliphatic heterocycles. The Morgan fingerprint density at radius 1 is 0.750 bits per heavy atom. The van der Waals surface area contributed by atoms with Crippen molar-refractivity contribution in [2.75, 3.05) is 11.5 Å². The van der Waals surface area contributed by atoms with Crippen LogP contribution < -0.4 is 0 Å². The molecule has 0 spiro atoms. The summed E-state index contributed by atoms with van der Waals surface area (Å²) in [5.74, 6) is 0.948. The number of aliphatic carboxylic acids is 2. The Labute approximate surface area is 160 Å². The minimum Gasteiger partial charge on any atom is -0.481 e. The fourth-order valence-electron chi connectivity index (χ4n) is 2.41. The predicted molar refractivity (Wildman–Crippen MR) is 109 cm³/mol. The molecule has 2 N–H and O–H groups in total. The zero-order valence-electron chi connectivity index (χ0n) is 14.0. The van der Waals surface area contributed by atoms with E-state index in [1.54, 1.807) is 0 Å². The number of hydrogen-bond acceptors (Lipinski definition) is 6. The molecule has 0 aliphatic carbocycles. The average molecular weight is 413 g/mol. The summed E-state index contributed by atoms with van der Waals surface area (Å²) in [6, 6.07) is 0. The van der Waals surface area contributed by atoms with E-state index in [9.17, 15) is 9.59 Å². The van der Waals surface area contributed by atoms with Crippen LogP contribution in [0.2, 0.25) is 0 Å². The lowest BCUT2D eigenvalue weighted by molar-refractivity contribution is -0.138. The van der Waals surface area contributed by atoms with E-state index < -0.39 is 11.9 Å². The lowest BCUT2D eigenvalue weighted by Crippen LogP contribution is -2.09. The van der Waals surface area contributed by atoms with E-state index in [-0.39, 0.29) is 12.8 Å². The third kappa shape index (κ3) is 12.7. The normalized spacial score (nSPS) is 22.8. The van der Waals surface area contributed by atoms with Crippen molar-refractivity contribution in [2.24, 2.45) is 0 Å². The quantitative estimate of drug-likeness (QED) is 0.356. The zero-order chi connectivity index (χ0) is 17.6. The second-order valence-electron chi connectivity index (χ2n) is 5.94. The van der Waals surface area contributed by atoms with E-state index in [0.29, 0.717) is 10.5 Å². The van der Waals surface area contributed by atoms with E-state index in [1.807, 2.05) is 43.2 Å². The first-order valence-corrected chi connectivity index (χ1v) is 13.3. The van der Waals surface area contributed by atoms with Gasteiger partial charge in [-0.25, -0.2) is 0 Å². The molecule has 140 valence electrons. The standard InChI is InChI=1S/C16H28O4S4/c17-15(18)7-3-1-5-13-9-11-21-22-12-10-14(24-23-13)6-2-4-8-16(19)20/h13-14H,1-12H2,(H,17,18)(H,19,20). The maximum absolute atomic E-state index is 10.6. The monoisotopic (exact) mass is 412 g/mol. The smallest absolute Gasteiger partial charge is 0.303 e. The highest BCUT2D eigenvalue weighted by molar-refractivity contribution is 8.77. The Balaban J connectivity index is 2.29. The Bertz CT molecular complexity index is 334. The van der Waals surface area contributed by atoms with Gasteiger partial charge in [0, 0.05) is 34.8 Å². The van der Waals surface area contributed by atoms with Gasteiger partial charge in [0.15, 0.2) is 0 Å². The van der Waals surface area contributed by atoms with Crippen molar-refractivity contribution in [3.05, 3.63) is 0 Å². The molecule has 1 saturated heterocycles. The first-order chi connectivity index (χ1) is 11.6. The first-order valence-electron chi connectivity index (χ1n) is 8.58. The van der Waals surface area contributed by atoms with Gasteiger partial charge in [0.25, 0.3) is 0 Å². The van der Waals surface area contributed by atoms with Gasteiger partial charge in [0.1, 0.15) is 0 Å². The number of carbonyl (C=O) groups is 2. The number of unbranched alkanes of at least 4 members (excludes halogenated alkanes) is 2. The second kappa shape index (κ2) is 14.5. The molecule has 4 nitrogen and oxygen atoms in total. The maximum Gasteiger partial charge on any atom is 0.303 e. The SMILES string of the molecule is O=C(O)CCCCC1CCSSCCC(CCCCC(=O)O)SS1. The van der Waals surface area contributed by atoms with Gasteiger partial charge >= 0.3 is 11.9 Å². The second-order valence-corrected chi connectivity index (χ2v) is 11.5. The maximum atomic E-state index is 10.6. The third-order valence-corrected chi connectivity index (χ3v) is 9.83. The molecule has 1 aliphatic rings. The molecule has 0 amide bonds. The Hall–Kier alpha value is 0.340. The van der Waals surface area contributed by atoms with Crippen LogP contribution in [0.5, 0.6) is 0 Å². The van der Waals surface area contributed by atoms with Crippen molar-refractivity contribution >= 4 is 55.1 Å². The zero-order valence-corrected chi connectivity index (χ0v) is 17.2. The summed E-state index contributed by atoms with van der Waals surface area (Å²) in [4.78, 5) is 21.2. The molecule has 0 bridgehead atoms. The van der Waals surface area contributed by atoms with E-state index in [4.69, 9.17) is 10.2 Å². The van der Waals surface area contributed by atoms with Crippen molar-refractivity contribution in [2.45, 2.75) is 74.7 Å². The molecule has 2 unspecified atom stereocenters. The van der Waals surface area contributed by atoms with Crippen LogP contribution in [0, 0.1) is 0 Å². The molecule has 0 aromatic carbocycles. The minimum atomic E-state index is -0.698. The van der Waals surface area contributed by atoms with Gasteiger partial charge in [-0.2, -0.15) is 0 Å². The highest BCUT2D eigenvalue weighted by Crippen LogP contribution is 2.41. The molecule has 1 heterocycles. The molecule has 0 saturated carbocycles. The molecule has 0 aromatic heterocycles. The minimum absolute atomic E-state index is 0.279. The number of hydrogen-bond donors (Lipinski definition) is 2. The largest absolute Gasteiger partial charge is 0.481 e. The molecule has 2 atom stereocenters. The van der Waals surface area contributed by atoms with Crippen molar-refractivity contribution in [1.29, 1.82) is 0 Å². The molecular weight excluding hydrogens is 384 g/mol. The van der Waals surface area contributed by atoms with Gasteiger partial charge in [0.05, 0.1) is 0 Å². The molecule has 8 heteroatoms. The van der Waals surface area contributed by atoms with Crippen LogP contribution in [0.15, 0.2) is 0 Å². The average Bonchev–Trinajstić information content (AvgIpc) is 2.54. The molecule has 1 fully saturated rings. The van der Waals surface area contributed by atoms with Crippen LogP contribution in [0.1, 0.15) is 64.2 Å². The summed E-state index contributed by atoms with van der Waals surface area (Å²) >= 11 is 0. The summed E-state index contributed by atoms with van der Waals surface area (Å²) in [5, 5.41) is 18.7. The third-order valence-electron chi connectivity index (χ3n) is 3.79. The molecule has 24 heavy (non-hydrogen) atoms. The van der Waals surface area contributed by atoms with Gasteiger partial charge in [0.2, 0.25) is 0 Å². The molecular formula is C16H28O4S4. The number of carboxylic acid groups (broad SMARTS) is 2. The van der Waals surface area contributed by atoms with Crippen molar-refractivity contribution < 1.29 is 19.8 Å². The Kier molecular flexibility index (Phi) is 13.5. The van der Waals surface area contributed by atoms with E-state index in [0.717, 1.165) is 38.5 Å². The van der Waals surface area contributed by atoms with Crippen LogP contribution in [0.3, 0.4) is 0 Å². The van der Waals surface area contributed by atoms with Crippen molar-refractivity contribution in [3.8, 4) is 0 Å². The number of rotatable bonds is 10. The summed E-state index contributed by atoms with van der Waals surface area (Å²) in [5.41, 5.74) is 0. The topological polar surface area (TPSA) is 74.6 Å². The van der Waals surface area contributed by atoms with Crippen molar-refractivity contribution in [3.63, 3.8) is 0 Å². The highest BCUT2D eigenvalue weighted by Gasteiger charge is 2.17. The molecule has 0 radical (unpaired) electrons. The van der Waals surface area contributed by atoms with Gasteiger partial charge in [-0.15, -0.1) is 0 Å². The van der Waals surface area contributed by atoms with Crippen LogP contribution in [-0.4, -0.2) is 44.2 Å². The Morgan fingerprint density at radius 3 is 1.54 bits per heavy atom. The van der Waals surface area contributed by atoms with Gasteiger partial charge in [-0.05, 0) is 38.5 Å². The molecule has 1 rings (SSSR count). The van der Waals surface area contributed by atoms with Gasteiger partial charge < -0.3 is 10.2 Å².